The zero-order chi connectivity index (χ0) is 20.3. The number of aromatic nitrogens is 1. The standard InChI is InChI=1S/C21H27N3OS3/c1-14(2)23(15(3)4)12-13-27-21(25)24-16-8-6-10-18(26-5)19(16)28-20-17(24)9-7-11-22-20/h6-11,14-15H,12-13H2,1-5H3. The van der Waals surface area contributed by atoms with Gasteiger partial charge in [-0.15, -0.1) is 11.8 Å². The zero-order valence-electron chi connectivity index (χ0n) is 17.0. The summed E-state index contributed by atoms with van der Waals surface area (Å²) in [5.74, 6) is 0.770. The molecule has 4 nitrogen and oxygen atoms in total. The van der Waals surface area contributed by atoms with E-state index in [2.05, 4.69) is 49.9 Å². The molecule has 2 heterocycles. The first-order valence-electron chi connectivity index (χ1n) is 9.46. The van der Waals surface area contributed by atoms with E-state index in [9.17, 15) is 4.79 Å². The summed E-state index contributed by atoms with van der Waals surface area (Å²) in [7, 11) is 0. The van der Waals surface area contributed by atoms with Crippen LogP contribution in [0.25, 0.3) is 0 Å². The molecular weight excluding hydrogens is 406 g/mol. The minimum atomic E-state index is 0.0570. The van der Waals surface area contributed by atoms with Gasteiger partial charge in [-0.2, -0.15) is 0 Å². The quantitative estimate of drug-likeness (QED) is 0.492. The molecule has 0 saturated heterocycles. The largest absolute Gasteiger partial charge is 0.298 e. The molecule has 1 aliphatic heterocycles. The Morgan fingerprint density at radius 1 is 1.14 bits per heavy atom. The average Bonchev–Trinajstić information content (AvgIpc) is 2.68. The lowest BCUT2D eigenvalue weighted by Gasteiger charge is -2.32. The second-order valence-corrected chi connectivity index (χ2v) is 10.0. The van der Waals surface area contributed by atoms with Crippen molar-refractivity contribution in [2.45, 2.75) is 54.6 Å². The van der Waals surface area contributed by atoms with Crippen molar-refractivity contribution >= 4 is 51.9 Å². The SMILES string of the molecule is CSc1cccc2c1Sc1ncccc1N2C(=O)SCCN(C(C)C)C(C)C. The Hall–Kier alpha value is -1.15. The molecule has 1 amide bonds. The molecule has 0 saturated carbocycles. The Morgan fingerprint density at radius 2 is 1.86 bits per heavy atom. The predicted molar refractivity (Wildman–Crippen MR) is 124 cm³/mol. The van der Waals surface area contributed by atoms with Crippen LogP contribution in [0.5, 0.6) is 0 Å². The molecule has 28 heavy (non-hydrogen) atoms. The van der Waals surface area contributed by atoms with Crippen LogP contribution in [0.4, 0.5) is 16.2 Å². The van der Waals surface area contributed by atoms with E-state index in [1.165, 1.54) is 16.7 Å². The van der Waals surface area contributed by atoms with Crippen LogP contribution in [0.1, 0.15) is 27.7 Å². The number of pyridine rings is 1. The van der Waals surface area contributed by atoms with Crippen LogP contribution in [0.2, 0.25) is 0 Å². The number of nitrogens with zero attached hydrogens (tertiary/aromatic N) is 3. The minimum absolute atomic E-state index is 0.0570. The fraction of sp³-hybridized carbons (Fsp3) is 0.429. The second-order valence-electron chi connectivity index (χ2n) is 7.11. The van der Waals surface area contributed by atoms with Gasteiger partial charge < -0.3 is 0 Å². The topological polar surface area (TPSA) is 36.4 Å². The molecular formula is C21H27N3OS3. The monoisotopic (exact) mass is 433 g/mol. The molecule has 0 atom stereocenters. The highest BCUT2D eigenvalue weighted by atomic mass is 32.2. The van der Waals surface area contributed by atoms with Gasteiger partial charge in [0.15, 0.2) is 0 Å². The molecule has 0 bridgehead atoms. The van der Waals surface area contributed by atoms with Gasteiger partial charge in [-0.05, 0) is 58.2 Å². The molecule has 3 rings (SSSR count). The van der Waals surface area contributed by atoms with Gasteiger partial charge in [0.05, 0.1) is 16.3 Å². The third-order valence-electron chi connectivity index (χ3n) is 4.69. The van der Waals surface area contributed by atoms with Gasteiger partial charge in [-0.1, -0.05) is 29.6 Å². The van der Waals surface area contributed by atoms with E-state index in [0.29, 0.717) is 12.1 Å². The number of carbonyl (C=O) groups excluding carboxylic acids is 1. The number of amides is 1. The van der Waals surface area contributed by atoms with Crippen molar-refractivity contribution in [2.24, 2.45) is 0 Å². The van der Waals surface area contributed by atoms with Crippen LogP contribution in [0, 0.1) is 0 Å². The lowest BCUT2D eigenvalue weighted by Crippen LogP contribution is -2.39. The van der Waals surface area contributed by atoms with Crippen molar-refractivity contribution in [1.82, 2.24) is 9.88 Å². The molecule has 0 aliphatic carbocycles. The summed E-state index contributed by atoms with van der Waals surface area (Å²) in [6.07, 6.45) is 3.86. The Morgan fingerprint density at radius 3 is 2.54 bits per heavy atom. The van der Waals surface area contributed by atoms with Crippen molar-refractivity contribution in [3.05, 3.63) is 36.5 Å². The van der Waals surface area contributed by atoms with Crippen molar-refractivity contribution < 1.29 is 4.79 Å². The zero-order valence-corrected chi connectivity index (χ0v) is 19.5. The molecule has 1 aromatic carbocycles. The number of benzene rings is 1. The molecule has 0 fully saturated rings. The summed E-state index contributed by atoms with van der Waals surface area (Å²) in [5.41, 5.74) is 1.83. The van der Waals surface area contributed by atoms with Crippen LogP contribution in [-0.2, 0) is 0 Å². The number of rotatable bonds is 6. The number of anilines is 2. The van der Waals surface area contributed by atoms with Crippen molar-refractivity contribution in [1.29, 1.82) is 0 Å². The predicted octanol–water partition coefficient (Wildman–Crippen LogP) is 6.38. The smallest absolute Gasteiger partial charge is 0.290 e. The summed E-state index contributed by atoms with van der Waals surface area (Å²) in [5, 5.41) is 0.943. The maximum absolute atomic E-state index is 13.3. The average molecular weight is 434 g/mol. The number of hydrogen-bond acceptors (Lipinski definition) is 6. The molecule has 1 aromatic heterocycles. The highest BCUT2D eigenvalue weighted by molar-refractivity contribution is 8.14. The molecule has 1 aliphatic rings. The third kappa shape index (κ3) is 4.53. The Labute approximate surface area is 180 Å². The van der Waals surface area contributed by atoms with Crippen LogP contribution >= 0.6 is 35.3 Å². The number of thioether (sulfide) groups is 2. The number of fused-ring (bicyclic) bond motifs is 2. The summed E-state index contributed by atoms with van der Waals surface area (Å²) < 4.78 is 0. The summed E-state index contributed by atoms with van der Waals surface area (Å²) >= 11 is 4.74. The molecule has 0 radical (unpaired) electrons. The van der Waals surface area contributed by atoms with Gasteiger partial charge in [-0.25, -0.2) is 4.98 Å². The van der Waals surface area contributed by atoms with E-state index in [-0.39, 0.29) is 5.24 Å². The van der Waals surface area contributed by atoms with Gasteiger partial charge in [0.2, 0.25) is 0 Å². The van der Waals surface area contributed by atoms with E-state index in [1.807, 2.05) is 29.2 Å². The van der Waals surface area contributed by atoms with E-state index in [1.54, 1.807) is 29.7 Å². The first-order chi connectivity index (χ1) is 13.4. The summed E-state index contributed by atoms with van der Waals surface area (Å²) in [4.78, 5) is 24.3. The highest BCUT2D eigenvalue weighted by Crippen LogP contribution is 2.51. The lowest BCUT2D eigenvalue weighted by atomic mass is 10.2. The fourth-order valence-corrected chi connectivity index (χ4v) is 6.10. The number of hydrogen-bond donors (Lipinski definition) is 0. The van der Waals surface area contributed by atoms with Crippen LogP contribution in [0.3, 0.4) is 0 Å². The van der Waals surface area contributed by atoms with E-state index in [0.717, 1.165) is 33.6 Å². The summed E-state index contributed by atoms with van der Waals surface area (Å²) in [6, 6.07) is 11.0. The maximum atomic E-state index is 13.3. The third-order valence-corrected chi connectivity index (χ3v) is 7.56. The molecule has 7 heteroatoms. The van der Waals surface area contributed by atoms with Crippen molar-refractivity contribution in [3.8, 4) is 0 Å². The molecule has 150 valence electrons. The first-order valence-corrected chi connectivity index (χ1v) is 12.5. The van der Waals surface area contributed by atoms with Crippen LogP contribution in [-0.4, -0.2) is 45.8 Å². The Bertz CT molecular complexity index is 833. The lowest BCUT2D eigenvalue weighted by molar-refractivity contribution is 0.187. The minimum Gasteiger partial charge on any atom is -0.298 e. The highest BCUT2D eigenvalue weighted by Gasteiger charge is 2.30. The van der Waals surface area contributed by atoms with Crippen LogP contribution in [0.15, 0.2) is 51.3 Å². The second kappa shape index (κ2) is 9.57. The fourth-order valence-electron chi connectivity index (χ4n) is 3.41. The Kier molecular flexibility index (Phi) is 7.36. The van der Waals surface area contributed by atoms with Gasteiger partial charge in [0.25, 0.3) is 5.24 Å². The maximum Gasteiger partial charge on any atom is 0.290 e. The van der Waals surface area contributed by atoms with Gasteiger partial charge >= 0.3 is 0 Å². The summed E-state index contributed by atoms with van der Waals surface area (Å²) in [6.45, 7) is 9.71. The van der Waals surface area contributed by atoms with Crippen LogP contribution < -0.4 is 4.90 Å². The van der Waals surface area contributed by atoms with Gasteiger partial charge in [0.1, 0.15) is 5.03 Å². The Balaban J connectivity index is 1.84. The van der Waals surface area contributed by atoms with E-state index < -0.39 is 0 Å². The van der Waals surface area contributed by atoms with Crippen molar-refractivity contribution in [2.75, 3.05) is 23.5 Å². The normalized spacial score (nSPS) is 13.2. The molecule has 2 aromatic rings. The molecule has 0 unspecified atom stereocenters. The van der Waals surface area contributed by atoms with Gasteiger partial charge in [-0.3, -0.25) is 14.6 Å². The van der Waals surface area contributed by atoms with Crippen molar-refractivity contribution in [3.63, 3.8) is 0 Å². The van der Waals surface area contributed by atoms with E-state index in [4.69, 9.17) is 0 Å². The first kappa shape index (κ1) is 21.6. The van der Waals surface area contributed by atoms with E-state index >= 15 is 0 Å². The molecule has 0 N–H and O–H groups in total. The number of carbonyl (C=O) groups is 1. The molecule has 0 spiro atoms. The van der Waals surface area contributed by atoms with Gasteiger partial charge in [0, 0.05) is 35.5 Å².